The average molecular weight is 839 g/mol. The van der Waals surface area contributed by atoms with Gasteiger partial charge in [-0.1, -0.05) is 85.7 Å². The van der Waals surface area contributed by atoms with Gasteiger partial charge in [0.25, 0.3) is 0 Å². The van der Waals surface area contributed by atoms with Crippen LogP contribution in [0.15, 0.2) is 30.3 Å². The van der Waals surface area contributed by atoms with Crippen LogP contribution in [0.1, 0.15) is 165 Å². The maximum Gasteiger partial charge on any atom is 0.410 e. The van der Waals surface area contributed by atoms with Crippen LogP contribution in [0.25, 0.3) is 0 Å². The highest BCUT2D eigenvalue weighted by Crippen LogP contribution is 2.79. The summed E-state index contributed by atoms with van der Waals surface area (Å²) in [4.78, 5) is 46.3. The van der Waals surface area contributed by atoms with E-state index in [0.717, 1.165) is 44.9 Å². The molecule has 0 unspecified atom stereocenters. The predicted octanol–water partition coefficient (Wildman–Crippen LogP) is 11.8. The Hall–Kier alpha value is -2.57. The Labute approximate surface area is 369 Å². The summed E-state index contributed by atoms with van der Waals surface area (Å²) in [5.74, 6) is 3.68. The average Bonchev–Trinajstić information content (AvgIpc) is 3.81. The zero-order valence-electron chi connectivity index (χ0n) is 40.2. The lowest BCUT2D eigenvalue weighted by Crippen LogP contribution is -2.68. The van der Waals surface area contributed by atoms with E-state index in [1.54, 1.807) is 4.90 Å². The number of rotatable bonds is 6. The fourth-order valence-corrected chi connectivity index (χ4v) is 17.1. The van der Waals surface area contributed by atoms with Gasteiger partial charge in [0.15, 0.2) is 0 Å². The van der Waals surface area contributed by atoms with Crippen molar-refractivity contribution in [3.8, 4) is 0 Å². The summed E-state index contributed by atoms with van der Waals surface area (Å²) in [6.45, 7) is 28.1. The van der Waals surface area contributed by atoms with Gasteiger partial charge in [-0.15, -0.1) is 0 Å². The summed E-state index contributed by atoms with van der Waals surface area (Å²) >= 11 is 0. The maximum absolute atomic E-state index is 15.3. The van der Waals surface area contributed by atoms with Crippen LogP contribution in [0.3, 0.4) is 0 Å². The second-order valence-corrected chi connectivity index (χ2v) is 25.7. The fourth-order valence-electron chi connectivity index (χ4n) is 17.1. The van der Waals surface area contributed by atoms with E-state index in [-0.39, 0.29) is 56.6 Å². The van der Waals surface area contributed by atoms with E-state index in [2.05, 4.69) is 90.6 Å². The topological polar surface area (TPSA) is 76.2 Å². The third kappa shape index (κ3) is 6.69. The molecular weight excluding hydrogens is 757 g/mol. The number of benzene rings is 1. The molecule has 1 aromatic carbocycles. The van der Waals surface area contributed by atoms with E-state index in [9.17, 15) is 9.59 Å². The van der Waals surface area contributed by atoms with Gasteiger partial charge < -0.3 is 19.3 Å². The first-order valence-electron chi connectivity index (χ1n) is 25.0. The molecule has 1 aromatic rings. The summed E-state index contributed by atoms with van der Waals surface area (Å²) in [6.07, 6.45) is 15.7. The van der Waals surface area contributed by atoms with Crippen LogP contribution in [0.4, 0.5) is 4.79 Å². The number of carbonyl (C=O) groups excluding carboxylic acids is 3. The van der Waals surface area contributed by atoms with Crippen LogP contribution in [0.5, 0.6) is 0 Å². The molecule has 61 heavy (non-hydrogen) atoms. The van der Waals surface area contributed by atoms with Crippen LogP contribution in [-0.2, 0) is 25.5 Å². The number of amides is 2. The van der Waals surface area contributed by atoms with Gasteiger partial charge >= 0.3 is 12.1 Å². The highest BCUT2D eigenvalue weighted by molar-refractivity contribution is 5.84. The first kappa shape index (κ1) is 43.7. The minimum atomic E-state index is -0.528. The molecule has 1 heterocycles. The number of piperazine rings is 1. The molecular formula is C54H82N2O5. The zero-order valence-corrected chi connectivity index (χ0v) is 40.2. The number of esters is 1. The van der Waals surface area contributed by atoms with Crippen LogP contribution in [0.2, 0.25) is 0 Å². The smallest absolute Gasteiger partial charge is 0.410 e. The number of ether oxygens (including phenoxy) is 2. The molecule has 1 saturated heterocycles. The largest absolute Gasteiger partial charge is 0.462 e. The van der Waals surface area contributed by atoms with E-state index >= 15 is 4.79 Å². The van der Waals surface area contributed by atoms with Crippen LogP contribution in [0, 0.1) is 79.3 Å². The molecule has 7 saturated carbocycles. The van der Waals surface area contributed by atoms with Crippen LogP contribution >= 0.6 is 0 Å². The van der Waals surface area contributed by atoms with Gasteiger partial charge in [0.2, 0.25) is 5.91 Å². The molecule has 8 aliphatic rings. The molecule has 0 spiro atoms. The predicted molar refractivity (Wildman–Crippen MR) is 241 cm³/mol. The molecule has 7 nitrogen and oxygen atoms in total. The molecule has 0 radical (unpaired) electrons. The Morgan fingerprint density at radius 1 is 0.672 bits per heavy atom. The van der Waals surface area contributed by atoms with Gasteiger partial charge in [-0.3, -0.25) is 9.59 Å². The molecule has 7 heteroatoms. The zero-order chi connectivity index (χ0) is 43.8. The van der Waals surface area contributed by atoms with Gasteiger partial charge in [0.1, 0.15) is 11.7 Å². The molecule has 7 aliphatic carbocycles. The van der Waals surface area contributed by atoms with Crippen molar-refractivity contribution in [1.29, 1.82) is 0 Å². The molecule has 9 rings (SSSR count). The molecule has 2 amide bonds. The maximum atomic E-state index is 15.3. The van der Waals surface area contributed by atoms with Gasteiger partial charge in [0.05, 0.1) is 11.3 Å². The fraction of sp³-hybridized carbons (Fsp3) is 0.833. The number of hydrogen-bond donors (Lipinski definition) is 0. The molecule has 1 aliphatic heterocycles. The van der Waals surface area contributed by atoms with Crippen LogP contribution in [-0.4, -0.2) is 65.7 Å². The van der Waals surface area contributed by atoms with E-state index in [0.29, 0.717) is 73.0 Å². The van der Waals surface area contributed by atoms with Crippen molar-refractivity contribution in [3.63, 3.8) is 0 Å². The number of carbonyl (C=O) groups is 3. The van der Waals surface area contributed by atoms with E-state index in [1.807, 2.05) is 20.8 Å². The minimum Gasteiger partial charge on any atom is -0.462 e. The summed E-state index contributed by atoms with van der Waals surface area (Å²) in [7, 11) is 0. The summed E-state index contributed by atoms with van der Waals surface area (Å²) in [5.41, 5.74) is 1.36. The van der Waals surface area contributed by atoms with Gasteiger partial charge in [0, 0.05) is 31.6 Å². The Bertz CT molecular complexity index is 1870. The Morgan fingerprint density at radius 3 is 1.98 bits per heavy atom. The van der Waals surface area contributed by atoms with E-state index < -0.39 is 5.60 Å². The first-order chi connectivity index (χ1) is 28.5. The quantitative estimate of drug-likeness (QED) is 0.267. The van der Waals surface area contributed by atoms with Crippen molar-refractivity contribution >= 4 is 18.0 Å². The highest BCUT2D eigenvalue weighted by atomic mass is 16.6. The van der Waals surface area contributed by atoms with Crippen molar-refractivity contribution in [2.75, 3.05) is 26.2 Å². The van der Waals surface area contributed by atoms with E-state index in [1.165, 1.54) is 50.5 Å². The lowest BCUT2D eigenvalue weighted by molar-refractivity contribution is -0.253. The summed E-state index contributed by atoms with van der Waals surface area (Å²) in [5, 5.41) is 0. The molecule has 0 bridgehead atoms. The SMILES string of the molecule is CC(C)(C)OC(=O)N1CCN(C(=O)[C@]23CC[C@@H](C4(C)CC4)[C@@H]2[C@H]2CC[C@@H]4[C@@]5(C)CC[C@H](OC(=O)[C@H]6C[C@@H](Cc7ccccc7)C6(C)C)C(C)(C)[C@@H]5CC[C@@]4(C)[C@]2(C)CC3)CC1. The second kappa shape index (κ2) is 14.5. The van der Waals surface area contributed by atoms with Crippen molar-refractivity contribution in [2.24, 2.45) is 79.3 Å². The third-order valence-electron chi connectivity index (χ3n) is 21.3. The molecule has 0 aromatic heterocycles. The van der Waals surface area contributed by atoms with Crippen molar-refractivity contribution in [3.05, 3.63) is 35.9 Å². The first-order valence-corrected chi connectivity index (χ1v) is 25.0. The van der Waals surface area contributed by atoms with Crippen molar-refractivity contribution in [1.82, 2.24) is 9.80 Å². The minimum absolute atomic E-state index is 0.0281. The normalized spacial score (nSPS) is 43.1. The Balaban J connectivity index is 0.913. The van der Waals surface area contributed by atoms with Gasteiger partial charge in [-0.05, 0) is 179 Å². The number of hydrogen-bond acceptors (Lipinski definition) is 5. The third-order valence-corrected chi connectivity index (χ3v) is 21.3. The van der Waals surface area contributed by atoms with Crippen molar-refractivity contribution in [2.45, 2.75) is 178 Å². The standard InChI is InChI=1S/C54H82N2O5/c1-47(2,3)61-46(59)56-31-29-55(30-32-56)45(58)54-24-19-37(50(8)25-26-50)43(54)38-17-18-41-51(9)22-21-42(49(6,7)40(51)20-23-53(41,11)52(38,10)27-28-54)60-44(57)39-34-36(48(39,4)5)33-35-15-13-12-14-16-35/h12-16,36-43H,17-34H2,1-11H3/t36-,37-,38-,39-,40+,41-,42+,43-,51+,52-,53-,54+/m1/s1. The summed E-state index contributed by atoms with van der Waals surface area (Å²) < 4.78 is 12.4. The molecule has 338 valence electrons. The van der Waals surface area contributed by atoms with Crippen LogP contribution < -0.4 is 0 Å². The van der Waals surface area contributed by atoms with Gasteiger partial charge in [-0.25, -0.2) is 4.79 Å². The van der Waals surface area contributed by atoms with Gasteiger partial charge in [-0.2, -0.15) is 0 Å². The number of fused-ring (bicyclic) bond motifs is 7. The lowest BCUT2D eigenvalue weighted by Gasteiger charge is -2.73. The summed E-state index contributed by atoms with van der Waals surface area (Å²) in [6, 6.07) is 10.8. The molecule has 0 N–H and O–H groups in total. The lowest BCUT2D eigenvalue weighted by atomic mass is 9.32. The highest BCUT2D eigenvalue weighted by Gasteiger charge is 2.74. The number of nitrogens with zero attached hydrogens (tertiary/aromatic N) is 2. The Morgan fingerprint density at radius 2 is 1.34 bits per heavy atom. The monoisotopic (exact) mass is 839 g/mol. The molecule has 8 fully saturated rings. The Kier molecular flexibility index (Phi) is 10.4. The molecule has 12 atom stereocenters. The second-order valence-electron chi connectivity index (χ2n) is 25.7. The van der Waals surface area contributed by atoms with E-state index in [4.69, 9.17) is 9.47 Å². The van der Waals surface area contributed by atoms with Crippen molar-refractivity contribution < 1.29 is 23.9 Å².